The van der Waals surface area contributed by atoms with Crippen molar-refractivity contribution in [3.05, 3.63) is 18.2 Å². The number of nitrogens with zero attached hydrogens (tertiary/aromatic N) is 2. The van der Waals surface area contributed by atoms with Crippen LogP contribution < -0.4 is 16.8 Å². The quantitative estimate of drug-likeness (QED) is 0.552. The van der Waals surface area contributed by atoms with E-state index in [1.165, 1.54) is 26.2 Å². The van der Waals surface area contributed by atoms with E-state index in [1.807, 2.05) is 18.2 Å². The topological polar surface area (TPSA) is 67.3 Å². The highest BCUT2D eigenvalue weighted by molar-refractivity contribution is 5.70. The summed E-state index contributed by atoms with van der Waals surface area (Å²) in [5.41, 5.74) is 14.1. The van der Waals surface area contributed by atoms with Gasteiger partial charge in [-0.1, -0.05) is 0 Å². The number of nitrogen functional groups attached to an aromatic ring is 2. The van der Waals surface area contributed by atoms with Crippen LogP contribution in [0.3, 0.4) is 0 Å². The van der Waals surface area contributed by atoms with Crippen LogP contribution in [0.1, 0.15) is 0 Å². The zero-order valence-corrected chi connectivity index (χ0v) is 12.0. The van der Waals surface area contributed by atoms with Gasteiger partial charge in [0.15, 0.2) is 0 Å². The maximum Gasteiger partial charge on any atom is 0.0912 e. The molecule has 106 valence electrons. The van der Waals surface area contributed by atoms with E-state index in [4.69, 9.17) is 11.5 Å². The van der Waals surface area contributed by atoms with Crippen LogP contribution in [0.25, 0.3) is 0 Å². The van der Waals surface area contributed by atoms with Gasteiger partial charge in [-0.05, 0) is 18.2 Å². The van der Waals surface area contributed by atoms with Crippen molar-refractivity contribution in [3.63, 3.8) is 0 Å². The minimum atomic E-state index is 0.744. The highest BCUT2D eigenvalue weighted by atomic mass is 15.4. The lowest BCUT2D eigenvalue weighted by Gasteiger charge is -2.39. The van der Waals surface area contributed by atoms with Crippen LogP contribution in [0, 0.1) is 0 Å². The molecule has 0 aliphatic carbocycles. The molecule has 0 aromatic heterocycles. The molecule has 5 heteroatoms. The van der Waals surface area contributed by atoms with E-state index in [0.717, 1.165) is 34.6 Å². The zero-order chi connectivity index (χ0) is 13.9. The molecule has 19 heavy (non-hydrogen) atoms. The summed E-state index contributed by atoms with van der Waals surface area (Å²) in [5, 5.41) is 3.37. The Labute approximate surface area is 115 Å². The predicted molar refractivity (Wildman–Crippen MR) is 82.0 cm³/mol. The fraction of sp³-hybridized carbons (Fsp3) is 0.571. The summed E-state index contributed by atoms with van der Waals surface area (Å²) in [5.74, 6) is 0. The van der Waals surface area contributed by atoms with Crippen LogP contribution in [-0.4, -0.2) is 62.7 Å². The number of hydrogen-bond donors (Lipinski definition) is 3. The van der Waals surface area contributed by atoms with Gasteiger partial charge in [0, 0.05) is 31.9 Å². The van der Waals surface area contributed by atoms with Gasteiger partial charge in [0.1, 0.15) is 0 Å². The fourth-order valence-electron chi connectivity index (χ4n) is 2.35. The van der Waals surface area contributed by atoms with E-state index in [1.54, 1.807) is 0 Å². The Balaban J connectivity index is 1.76. The van der Waals surface area contributed by atoms with Gasteiger partial charge < -0.3 is 21.3 Å². The number of nitrogens with two attached hydrogens (primary N) is 2. The Morgan fingerprint density at radius 3 is 2.58 bits per heavy atom. The van der Waals surface area contributed by atoms with Crippen molar-refractivity contribution in [1.29, 1.82) is 0 Å². The number of benzene rings is 1. The first-order valence-electron chi connectivity index (χ1n) is 6.89. The van der Waals surface area contributed by atoms with Crippen molar-refractivity contribution in [1.82, 2.24) is 4.90 Å². The maximum atomic E-state index is 5.91. The number of rotatable bonds is 4. The first-order valence-corrected chi connectivity index (χ1v) is 6.89. The number of anilines is 3. The highest BCUT2D eigenvalue weighted by Crippen LogP contribution is 2.20. The summed E-state index contributed by atoms with van der Waals surface area (Å²) < 4.78 is 1.13. The van der Waals surface area contributed by atoms with Crippen molar-refractivity contribution in [2.45, 2.75) is 0 Å². The molecule has 1 aromatic rings. The van der Waals surface area contributed by atoms with Crippen molar-refractivity contribution in [3.8, 4) is 0 Å². The zero-order valence-electron chi connectivity index (χ0n) is 12.0. The normalized spacial score (nSPS) is 19.3. The maximum absolute atomic E-state index is 5.91. The molecule has 1 fully saturated rings. The van der Waals surface area contributed by atoms with Crippen molar-refractivity contribution in [2.24, 2.45) is 0 Å². The molecule has 0 radical (unpaired) electrons. The van der Waals surface area contributed by atoms with Crippen LogP contribution in [0.2, 0.25) is 0 Å². The number of hydrogen-bond acceptors (Lipinski definition) is 4. The van der Waals surface area contributed by atoms with Gasteiger partial charge in [-0.25, -0.2) is 0 Å². The average molecular weight is 264 g/mol. The molecule has 0 spiro atoms. The molecule has 0 unspecified atom stereocenters. The third-order valence-electron chi connectivity index (χ3n) is 3.86. The smallest absolute Gasteiger partial charge is 0.0912 e. The van der Waals surface area contributed by atoms with Crippen LogP contribution in [0.4, 0.5) is 17.1 Å². The van der Waals surface area contributed by atoms with E-state index in [-0.39, 0.29) is 0 Å². The molecular formula is C14H26N5+. The molecule has 1 aromatic carbocycles. The average Bonchev–Trinajstić information content (AvgIpc) is 2.35. The second-order valence-corrected chi connectivity index (χ2v) is 6.00. The molecule has 1 aliphatic heterocycles. The molecule has 0 atom stereocenters. The van der Waals surface area contributed by atoms with Crippen molar-refractivity contribution < 1.29 is 4.48 Å². The molecule has 2 rings (SSSR count). The lowest BCUT2D eigenvalue weighted by Crippen LogP contribution is -2.55. The van der Waals surface area contributed by atoms with E-state index < -0.39 is 0 Å². The first-order chi connectivity index (χ1) is 8.96. The molecule has 5 nitrogen and oxygen atoms in total. The van der Waals surface area contributed by atoms with E-state index >= 15 is 0 Å². The second kappa shape index (κ2) is 5.67. The Bertz CT molecular complexity index is 420. The summed E-state index contributed by atoms with van der Waals surface area (Å²) in [6.07, 6.45) is 0. The number of piperazine rings is 1. The lowest BCUT2D eigenvalue weighted by molar-refractivity contribution is -0.894. The van der Waals surface area contributed by atoms with Crippen LogP contribution in [0.5, 0.6) is 0 Å². The molecule has 0 amide bonds. The third-order valence-corrected chi connectivity index (χ3v) is 3.86. The second-order valence-electron chi connectivity index (χ2n) is 6.00. The van der Waals surface area contributed by atoms with Gasteiger partial charge in [0.05, 0.1) is 38.6 Å². The van der Waals surface area contributed by atoms with Crippen molar-refractivity contribution in [2.75, 3.05) is 70.1 Å². The Morgan fingerprint density at radius 2 is 1.89 bits per heavy atom. The standard InChI is InChI=1S/C14H26N5/c1-19(2)9-7-18(8-10-19)6-5-17-14-11-12(15)3-4-13(14)16/h3-4,11,17H,5-10,15-16H2,1-2H3/q+1. The minimum Gasteiger partial charge on any atom is -0.399 e. The monoisotopic (exact) mass is 264 g/mol. The first kappa shape index (κ1) is 14.0. The van der Waals surface area contributed by atoms with Gasteiger partial charge in [-0.15, -0.1) is 0 Å². The highest BCUT2D eigenvalue weighted by Gasteiger charge is 2.23. The van der Waals surface area contributed by atoms with Crippen molar-refractivity contribution >= 4 is 17.1 Å². The van der Waals surface area contributed by atoms with Crippen LogP contribution in [0.15, 0.2) is 18.2 Å². The molecule has 0 saturated carbocycles. The van der Waals surface area contributed by atoms with E-state index in [0.29, 0.717) is 0 Å². The third kappa shape index (κ3) is 4.01. The molecule has 1 saturated heterocycles. The summed E-state index contributed by atoms with van der Waals surface area (Å²) >= 11 is 0. The molecular weight excluding hydrogens is 238 g/mol. The van der Waals surface area contributed by atoms with Gasteiger partial charge in [0.25, 0.3) is 0 Å². The Kier molecular flexibility index (Phi) is 4.17. The van der Waals surface area contributed by atoms with Gasteiger partial charge in [-0.2, -0.15) is 0 Å². The largest absolute Gasteiger partial charge is 0.399 e. The molecule has 1 aliphatic rings. The molecule has 0 bridgehead atoms. The van der Waals surface area contributed by atoms with Gasteiger partial charge in [-0.3, -0.25) is 4.90 Å². The van der Waals surface area contributed by atoms with Gasteiger partial charge >= 0.3 is 0 Å². The fourth-order valence-corrected chi connectivity index (χ4v) is 2.35. The van der Waals surface area contributed by atoms with Crippen LogP contribution in [-0.2, 0) is 0 Å². The molecule has 1 heterocycles. The minimum absolute atomic E-state index is 0.744. The molecule has 5 N–H and O–H groups in total. The summed E-state index contributed by atoms with van der Waals surface area (Å²) in [7, 11) is 4.59. The number of likely N-dealkylation sites (N-methyl/N-ethyl adjacent to an activating group) is 1. The van der Waals surface area contributed by atoms with E-state index in [2.05, 4.69) is 24.3 Å². The number of nitrogens with one attached hydrogen (secondary N) is 1. The van der Waals surface area contributed by atoms with Gasteiger partial charge in [0.2, 0.25) is 0 Å². The number of quaternary nitrogens is 1. The summed E-state index contributed by atoms with van der Waals surface area (Å²) in [4.78, 5) is 2.50. The Morgan fingerprint density at radius 1 is 1.21 bits per heavy atom. The summed E-state index contributed by atoms with van der Waals surface area (Å²) in [6, 6.07) is 5.56. The Hall–Kier alpha value is -1.46. The lowest BCUT2D eigenvalue weighted by atomic mass is 10.2. The predicted octanol–water partition coefficient (Wildman–Crippen LogP) is 0.655. The summed E-state index contributed by atoms with van der Waals surface area (Å²) in [6.45, 7) is 6.73. The SMILES string of the molecule is C[N+]1(C)CCN(CCNc2cc(N)ccc2N)CC1. The van der Waals surface area contributed by atoms with Crippen LogP contribution >= 0.6 is 0 Å². The van der Waals surface area contributed by atoms with E-state index in [9.17, 15) is 0 Å².